The summed E-state index contributed by atoms with van der Waals surface area (Å²) in [6, 6.07) is 0.794. The lowest BCUT2D eigenvalue weighted by atomic mass is 10.1. The van der Waals surface area contributed by atoms with Gasteiger partial charge in [-0.25, -0.2) is 0 Å². The standard InChI is InChI=1S/C8H3F6OP/c9-7(10,11)4-1-5(8(12,13)14)3-6(2-4)16-15/h1-3H. The van der Waals surface area contributed by atoms with Crippen LogP contribution in [-0.4, -0.2) is 0 Å². The zero-order valence-electron chi connectivity index (χ0n) is 7.36. The van der Waals surface area contributed by atoms with E-state index in [0.29, 0.717) is 12.1 Å². The Morgan fingerprint density at radius 2 is 1.19 bits per heavy atom. The first kappa shape index (κ1) is 13.0. The minimum Gasteiger partial charge on any atom is -0.269 e. The number of hydrogen-bond acceptors (Lipinski definition) is 1. The van der Waals surface area contributed by atoms with Crippen LogP contribution in [0.3, 0.4) is 0 Å². The van der Waals surface area contributed by atoms with Crippen molar-refractivity contribution >= 4 is 13.8 Å². The number of rotatable bonds is 1. The molecule has 0 radical (unpaired) electrons. The van der Waals surface area contributed by atoms with Crippen LogP contribution in [-0.2, 0) is 16.9 Å². The van der Waals surface area contributed by atoms with Gasteiger partial charge in [-0.1, -0.05) is 0 Å². The molecule has 0 bridgehead atoms. The zero-order chi connectivity index (χ0) is 12.6. The lowest BCUT2D eigenvalue weighted by Crippen LogP contribution is -2.14. The Morgan fingerprint density at radius 1 is 0.812 bits per heavy atom. The molecule has 0 N–H and O–H groups in total. The van der Waals surface area contributed by atoms with Crippen LogP contribution >= 0.6 is 8.46 Å². The zero-order valence-corrected chi connectivity index (χ0v) is 8.25. The summed E-state index contributed by atoms with van der Waals surface area (Å²) in [5, 5.41) is -0.567. The van der Waals surface area contributed by atoms with Gasteiger partial charge in [-0.05, 0) is 18.2 Å². The highest BCUT2D eigenvalue weighted by molar-refractivity contribution is 7.34. The van der Waals surface area contributed by atoms with Crippen LogP contribution in [0.2, 0.25) is 0 Å². The molecule has 0 saturated carbocycles. The van der Waals surface area contributed by atoms with Crippen molar-refractivity contribution in [2.45, 2.75) is 12.4 Å². The Kier molecular flexibility index (Phi) is 3.28. The quantitative estimate of drug-likeness (QED) is 0.556. The van der Waals surface area contributed by atoms with Crippen molar-refractivity contribution < 1.29 is 30.9 Å². The van der Waals surface area contributed by atoms with Gasteiger partial charge in [0.15, 0.2) is 8.46 Å². The molecular weight excluding hydrogens is 257 g/mol. The first-order chi connectivity index (χ1) is 7.14. The summed E-state index contributed by atoms with van der Waals surface area (Å²) in [4.78, 5) is 0. The minimum atomic E-state index is -4.90. The van der Waals surface area contributed by atoms with Gasteiger partial charge in [0, 0.05) is 5.30 Å². The molecule has 0 aromatic heterocycles. The molecule has 0 spiro atoms. The molecule has 0 aliphatic rings. The van der Waals surface area contributed by atoms with Crippen molar-refractivity contribution in [3.8, 4) is 0 Å². The van der Waals surface area contributed by atoms with Gasteiger partial charge in [-0.2, -0.15) is 26.3 Å². The van der Waals surface area contributed by atoms with Gasteiger partial charge >= 0.3 is 12.4 Å². The summed E-state index contributed by atoms with van der Waals surface area (Å²) in [6.07, 6.45) is -9.80. The summed E-state index contributed by atoms with van der Waals surface area (Å²) in [7, 11) is -0.895. The fourth-order valence-corrected chi connectivity index (χ4v) is 1.37. The Bertz CT molecular complexity index is 376. The van der Waals surface area contributed by atoms with Gasteiger partial charge in [0.25, 0.3) is 0 Å². The number of halogens is 6. The van der Waals surface area contributed by atoms with Gasteiger partial charge in [-0.15, -0.1) is 0 Å². The van der Waals surface area contributed by atoms with Gasteiger partial charge in [0.2, 0.25) is 0 Å². The predicted octanol–water partition coefficient (Wildman–Crippen LogP) is 3.64. The lowest BCUT2D eigenvalue weighted by Gasteiger charge is -2.11. The normalized spacial score (nSPS) is 13.1. The molecule has 1 nitrogen and oxygen atoms in total. The summed E-state index contributed by atoms with van der Waals surface area (Å²) in [5.41, 5.74) is -2.94. The maximum Gasteiger partial charge on any atom is 0.416 e. The fraction of sp³-hybridized carbons (Fsp3) is 0.250. The predicted molar refractivity (Wildman–Crippen MR) is 43.7 cm³/mol. The molecule has 1 rings (SSSR count). The third-order valence-electron chi connectivity index (χ3n) is 1.68. The van der Waals surface area contributed by atoms with Gasteiger partial charge < -0.3 is 0 Å². The molecule has 0 saturated heterocycles. The molecule has 0 atom stereocenters. The van der Waals surface area contributed by atoms with Crippen molar-refractivity contribution in [2.75, 3.05) is 0 Å². The molecule has 16 heavy (non-hydrogen) atoms. The molecule has 0 amide bonds. The molecule has 0 aliphatic carbocycles. The number of benzene rings is 1. The van der Waals surface area contributed by atoms with Crippen LogP contribution in [0.15, 0.2) is 18.2 Å². The van der Waals surface area contributed by atoms with Crippen LogP contribution in [0, 0.1) is 0 Å². The Balaban J connectivity index is 3.39. The van der Waals surface area contributed by atoms with E-state index in [2.05, 4.69) is 0 Å². The Hall–Kier alpha value is -1.10. The van der Waals surface area contributed by atoms with E-state index in [0.717, 1.165) is 0 Å². The summed E-state index contributed by atoms with van der Waals surface area (Å²) in [5.74, 6) is 0. The van der Waals surface area contributed by atoms with E-state index >= 15 is 0 Å². The van der Waals surface area contributed by atoms with Crippen molar-refractivity contribution in [1.29, 1.82) is 0 Å². The monoisotopic (exact) mass is 260 g/mol. The van der Waals surface area contributed by atoms with Crippen molar-refractivity contribution in [1.82, 2.24) is 0 Å². The summed E-state index contributed by atoms with van der Waals surface area (Å²) in [6.45, 7) is 0. The van der Waals surface area contributed by atoms with E-state index in [1.807, 2.05) is 0 Å². The SMILES string of the molecule is O=Pc1cc(C(F)(F)F)cc(C(F)(F)F)c1. The molecule has 88 valence electrons. The van der Waals surface area contributed by atoms with E-state index in [-0.39, 0.29) is 6.07 Å². The average Bonchev–Trinajstić information content (AvgIpc) is 2.14. The van der Waals surface area contributed by atoms with Crippen molar-refractivity contribution in [3.05, 3.63) is 29.3 Å². The Labute approximate surface area is 87.3 Å². The number of hydrogen-bond donors (Lipinski definition) is 0. The van der Waals surface area contributed by atoms with Crippen molar-refractivity contribution in [2.24, 2.45) is 0 Å². The maximum atomic E-state index is 12.2. The topological polar surface area (TPSA) is 17.1 Å². The second-order valence-corrected chi connectivity index (χ2v) is 3.55. The van der Waals surface area contributed by atoms with Crippen LogP contribution in [0.25, 0.3) is 0 Å². The highest BCUT2D eigenvalue weighted by Gasteiger charge is 2.36. The average molecular weight is 260 g/mol. The van der Waals surface area contributed by atoms with E-state index in [9.17, 15) is 30.9 Å². The summed E-state index contributed by atoms with van der Waals surface area (Å²) >= 11 is 0. The molecule has 0 unspecified atom stereocenters. The van der Waals surface area contributed by atoms with E-state index < -0.39 is 37.2 Å². The highest BCUT2D eigenvalue weighted by Crippen LogP contribution is 2.35. The third-order valence-corrected chi connectivity index (χ3v) is 2.15. The smallest absolute Gasteiger partial charge is 0.269 e. The first-order valence-corrected chi connectivity index (χ1v) is 4.58. The van der Waals surface area contributed by atoms with E-state index in [1.54, 1.807) is 0 Å². The maximum absolute atomic E-state index is 12.2. The molecule has 1 aromatic carbocycles. The molecule has 0 fully saturated rings. The van der Waals surface area contributed by atoms with Crippen LogP contribution in [0.4, 0.5) is 26.3 Å². The summed E-state index contributed by atoms with van der Waals surface area (Å²) < 4.78 is 83.5. The lowest BCUT2D eigenvalue weighted by molar-refractivity contribution is -0.142. The third kappa shape index (κ3) is 2.95. The van der Waals surface area contributed by atoms with E-state index in [4.69, 9.17) is 0 Å². The fourth-order valence-electron chi connectivity index (χ4n) is 0.991. The van der Waals surface area contributed by atoms with E-state index in [1.165, 1.54) is 0 Å². The second-order valence-electron chi connectivity index (χ2n) is 2.86. The molecule has 0 heterocycles. The molecular formula is C8H3F6OP. The van der Waals surface area contributed by atoms with Gasteiger partial charge in [0.1, 0.15) is 0 Å². The molecule has 0 aliphatic heterocycles. The van der Waals surface area contributed by atoms with Crippen LogP contribution in [0.5, 0.6) is 0 Å². The Morgan fingerprint density at radius 3 is 1.44 bits per heavy atom. The van der Waals surface area contributed by atoms with Gasteiger partial charge in [0.05, 0.1) is 11.1 Å². The molecule has 1 aromatic rings. The number of alkyl halides is 6. The van der Waals surface area contributed by atoms with Crippen LogP contribution in [0.1, 0.15) is 11.1 Å². The van der Waals surface area contributed by atoms with Crippen LogP contribution < -0.4 is 5.30 Å². The van der Waals surface area contributed by atoms with Gasteiger partial charge in [-0.3, -0.25) is 4.57 Å². The second kappa shape index (κ2) is 4.05. The van der Waals surface area contributed by atoms with Crippen molar-refractivity contribution in [3.63, 3.8) is 0 Å². The largest absolute Gasteiger partial charge is 0.416 e. The molecule has 8 heteroatoms. The highest BCUT2D eigenvalue weighted by atomic mass is 31.1. The minimum absolute atomic E-state index is 0.0192. The first-order valence-electron chi connectivity index (χ1n) is 3.77.